The molecule has 13 heavy (non-hydrogen) atoms. The van der Waals surface area contributed by atoms with Crippen molar-refractivity contribution >= 4 is 17.4 Å². The fraction of sp³-hybridized carbons (Fsp3) is 0.300. The topological polar surface area (TPSA) is 17.1 Å². The summed E-state index contributed by atoms with van der Waals surface area (Å²) in [5.74, 6) is -0.746. The quantitative estimate of drug-likeness (QED) is 0.670. The lowest BCUT2D eigenvalue weighted by Gasteiger charge is -2.04. The largest absolute Gasteiger partial charge is 0.294 e. The zero-order valence-corrected chi connectivity index (χ0v) is 8.23. The van der Waals surface area contributed by atoms with Gasteiger partial charge in [0.25, 0.3) is 0 Å². The third-order valence-electron chi connectivity index (χ3n) is 1.73. The first-order valence-electron chi connectivity index (χ1n) is 4.01. The Labute approximate surface area is 81.5 Å². The summed E-state index contributed by atoms with van der Waals surface area (Å²) in [6.07, 6.45) is 0. The van der Waals surface area contributed by atoms with Crippen molar-refractivity contribution in [2.75, 3.05) is 0 Å². The van der Waals surface area contributed by atoms with Crippen molar-refractivity contribution in [2.45, 2.75) is 13.8 Å². The molecule has 0 aliphatic carbocycles. The minimum absolute atomic E-state index is 0.0420. The summed E-state index contributed by atoms with van der Waals surface area (Å²) in [6, 6.07) is 4.10. The molecule has 0 aliphatic rings. The van der Waals surface area contributed by atoms with Gasteiger partial charge in [0, 0.05) is 11.5 Å². The maximum absolute atomic E-state index is 12.9. The van der Waals surface area contributed by atoms with E-state index in [1.165, 1.54) is 18.2 Å². The minimum atomic E-state index is -0.548. The average molecular weight is 201 g/mol. The van der Waals surface area contributed by atoms with Crippen LogP contribution in [-0.4, -0.2) is 5.78 Å². The highest BCUT2D eigenvalue weighted by Gasteiger charge is 2.11. The molecule has 70 valence electrons. The Hall–Kier alpha value is -0.890. The van der Waals surface area contributed by atoms with Crippen LogP contribution in [0.4, 0.5) is 4.39 Å². The van der Waals surface area contributed by atoms with Crippen LogP contribution in [0.5, 0.6) is 0 Å². The van der Waals surface area contributed by atoms with E-state index in [2.05, 4.69) is 0 Å². The van der Waals surface area contributed by atoms with Crippen molar-refractivity contribution in [3.8, 4) is 0 Å². The van der Waals surface area contributed by atoms with Gasteiger partial charge in [0.05, 0.1) is 5.02 Å². The summed E-state index contributed by atoms with van der Waals surface area (Å²) in [6.45, 7) is 3.55. The fourth-order valence-electron chi connectivity index (χ4n) is 0.983. The molecule has 1 nitrogen and oxygen atoms in total. The normalized spacial score (nSPS) is 10.5. The molecule has 1 aromatic carbocycles. The molecule has 0 spiro atoms. The average Bonchev–Trinajstić information content (AvgIpc) is 2.08. The zero-order valence-electron chi connectivity index (χ0n) is 7.47. The summed E-state index contributed by atoms with van der Waals surface area (Å²) < 4.78 is 12.9. The van der Waals surface area contributed by atoms with Gasteiger partial charge >= 0.3 is 0 Å². The van der Waals surface area contributed by atoms with Gasteiger partial charge in [-0.15, -0.1) is 0 Å². The van der Waals surface area contributed by atoms with Gasteiger partial charge < -0.3 is 0 Å². The lowest BCUT2D eigenvalue weighted by Crippen LogP contribution is -2.07. The maximum atomic E-state index is 12.9. The highest BCUT2D eigenvalue weighted by Crippen LogP contribution is 2.17. The van der Waals surface area contributed by atoms with Gasteiger partial charge in [0.15, 0.2) is 5.78 Å². The molecule has 0 radical (unpaired) electrons. The molecule has 0 amide bonds. The van der Waals surface area contributed by atoms with Crippen molar-refractivity contribution in [3.05, 3.63) is 34.6 Å². The Kier molecular flexibility index (Phi) is 3.04. The molecule has 0 aliphatic heterocycles. The Morgan fingerprint density at radius 3 is 2.54 bits per heavy atom. The summed E-state index contributed by atoms with van der Waals surface area (Å²) in [7, 11) is 0. The smallest absolute Gasteiger partial charge is 0.165 e. The van der Waals surface area contributed by atoms with Crippen LogP contribution in [-0.2, 0) is 0 Å². The molecule has 3 heteroatoms. The van der Waals surface area contributed by atoms with Gasteiger partial charge in [-0.3, -0.25) is 4.79 Å². The molecule has 1 rings (SSSR count). The van der Waals surface area contributed by atoms with Crippen LogP contribution in [0.3, 0.4) is 0 Å². The van der Waals surface area contributed by atoms with Gasteiger partial charge in [0.1, 0.15) is 5.82 Å². The Bertz CT molecular complexity index is 334. The highest BCUT2D eigenvalue weighted by molar-refractivity contribution is 6.30. The number of hydrogen-bond acceptors (Lipinski definition) is 1. The van der Waals surface area contributed by atoms with Crippen molar-refractivity contribution in [3.63, 3.8) is 0 Å². The summed E-state index contributed by atoms with van der Waals surface area (Å²) >= 11 is 5.48. The van der Waals surface area contributed by atoms with Crippen molar-refractivity contribution in [1.82, 2.24) is 0 Å². The van der Waals surface area contributed by atoms with Crippen LogP contribution in [0.2, 0.25) is 5.02 Å². The number of halogens is 2. The van der Waals surface area contributed by atoms with Crippen LogP contribution in [0.1, 0.15) is 24.2 Å². The van der Waals surface area contributed by atoms with E-state index >= 15 is 0 Å². The first-order valence-corrected chi connectivity index (χ1v) is 4.39. The highest BCUT2D eigenvalue weighted by atomic mass is 35.5. The van der Waals surface area contributed by atoms with E-state index in [-0.39, 0.29) is 16.7 Å². The van der Waals surface area contributed by atoms with Crippen LogP contribution in [0.25, 0.3) is 0 Å². The van der Waals surface area contributed by atoms with Gasteiger partial charge in [-0.2, -0.15) is 0 Å². The molecule has 0 atom stereocenters. The summed E-state index contributed by atoms with van der Waals surface area (Å²) in [4.78, 5) is 11.4. The number of hydrogen-bond donors (Lipinski definition) is 0. The molecule has 0 unspecified atom stereocenters. The predicted octanol–water partition coefficient (Wildman–Crippen LogP) is 3.32. The van der Waals surface area contributed by atoms with Crippen LogP contribution in [0.15, 0.2) is 18.2 Å². The van der Waals surface area contributed by atoms with Gasteiger partial charge in [-0.05, 0) is 18.2 Å². The van der Waals surface area contributed by atoms with Crippen LogP contribution in [0, 0.1) is 11.7 Å². The summed E-state index contributed by atoms with van der Waals surface area (Å²) in [5, 5.41) is 0.0420. The number of rotatable bonds is 2. The summed E-state index contributed by atoms with van der Waals surface area (Å²) in [5.41, 5.74) is 0.372. The number of benzene rings is 1. The fourth-order valence-corrected chi connectivity index (χ4v) is 1.10. The molecule has 0 fully saturated rings. The van der Waals surface area contributed by atoms with Gasteiger partial charge in [0.2, 0.25) is 0 Å². The van der Waals surface area contributed by atoms with E-state index in [0.29, 0.717) is 5.56 Å². The van der Waals surface area contributed by atoms with Crippen molar-refractivity contribution in [1.29, 1.82) is 0 Å². The van der Waals surface area contributed by atoms with E-state index in [0.717, 1.165) is 0 Å². The van der Waals surface area contributed by atoms with E-state index in [1.807, 2.05) is 0 Å². The van der Waals surface area contributed by atoms with E-state index in [9.17, 15) is 9.18 Å². The standard InChI is InChI=1S/C10H10ClFO/c1-6(2)10(13)7-3-4-8(11)9(12)5-7/h3-6H,1-2H3. The second kappa shape index (κ2) is 3.88. The Morgan fingerprint density at radius 2 is 2.08 bits per heavy atom. The van der Waals surface area contributed by atoms with Crippen molar-refractivity contribution in [2.24, 2.45) is 5.92 Å². The molecule has 0 bridgehead atoms. The second-order valence-electron chi connectivity index (χ2n) is 3.15. The monoisotopic (exact) mass is 200 g/mol. The van der Waals surface area contributed by atoms with Crippen LogP contribution >= 0.6 is 11.6 Å². The van der Waals surface area contributed by atoms with E-state index < -0.39 is 5.82 Å². The van der Waals surface area contributed by atoms with Crippen molar-refractivity contribution < 1.29 is 9.18 Å². The Morgan fingerprint density at radius 1 is 1.46 bits per heavy atom. The number of Topliss-reactive ketones (excluding diaryl/α,β-unsaturated/α-hetero) is 1. The zero-order chi connectivity index (χ0) is 10.0. The van der Waals surface area contributed by atoms with E-state index in [4.69, 9.17) is 11.6 Å². The third kappa shape index (κ3) is 2.28. The molecule has 0 saturated carbocycles. The molecule has 0 saturated heterocycles. The van der Waals surface area contributed by atoms with Gasteiger partial charge in [-0.25, -0.2) is 4.39 Å². The van der Waals surface area contributed by atoms with Gasteiger partial charge in [-0.1, -0.05) is 25.4 Å². The molecule has 1 aromatic rings. The number of carbonyl (C=O) groups excluding carboxylic acids is 1. The number of carbonyl (C=O) groups is 1. The van der Waals surface area contributed by atoms with Crippen LogP contribution < -0.4 is 0 Å². The molecular formula is C10H10ClFO. The third-order valence-corrected chi connectivity index (χ3v) is 2.04. The first-order chi connectivity index (χ1) is 6.02. The SMILES string of the molecule is CC(C)C(=O)c1ccc(Cl)c(F)c1. The lowest BCUT2D eigenvalue weighted by molar-refractivity contribution is 0.0939. The maximum Gasteiger partial charge on any atom is 0.165 e. The van der Waals surface area contributed by atoms with E-state index in [1.54, 1.807) is 13.8 Å². The predicted molar refractivity (Wildman–Crippen MR) is 50.6 cm³/mol. The first kappa shape index (κ1) is 10.2. The second-order valence-corrected chi connectivity index (χ2v) is 3.56. The molecule has 0 aromatic heterocycles. The molecular weight excluding hydrogens is 191 g/mol. The lowest BCUT2D eigenvalue weighted by atomic mass is 10.0. The minimum Gasteiger partial charge on any atom is -0.294 e. The Balaban J connectivity index is 3.04. The number of ketones is 1. The molecule has 0 N–H and O–H groups in total. The molecule has 0 heterocycles.